The molecule has 1 aromatic rings. The van der Waals surface area contributed by atoms with Crippen molar-refractivity contribution < 1.29 is 9.59 Å². The quantitative estimate of drug-likeness (QED) is 0.467. The maximum atomic E-state index is 11.7. The van der Waals surface area contributed by atoms with Crippen LogP contribution in [0.3, 0.4) is 0 Å². The van der Waals surface area contributed by atoms with Crippen molar-refractivity contribution in [3.8, 4) is 0 Å². The molecule has 0 N–H and O–H groups in total. The van der Waals surface area contributed by atoms with Crippen molar-refractivity contribution in [1.82, 2.24) is 0 Å². The van der Waals surface area contributed by atoms with Crippen LogP contribution in [0.1, 0.15) is 17.3 Å². The van der Waals surface area contributed by atoms with E-state index in [1.807, 2.05) is 24.0 Å². The Hall–Kier alpha value is -0.921. The average Bonchev–Trinajstić information content (AvgIpc) is 2.27. The number of carbonyl (C=O) groups is 2. The van der Waals surface area contributed by atoms with E-state index < -0.39 is 5.92 Å². The van der Waals surface area contributed by atoms with Gasteiger partial charge in [-0.3, -0.25) is 0 Å². The molecule has 1 atom stereocenters. The molecule has 2 nitrogen and oxygen atoms in total. The Kier molecular flexibility index (Phi) is 4.05. The number of benzene rings is 1. The molecule has 1 rings (SSSR count). The first kappa shape index (κ1) is 11.2. The summed E-state index contributed by atoms with van der Waals surface area (Å²) < 4.78 is 0.0614. The second-order valence-electron chi connectivity index (χ2n) is 2.98. The van der Waals surface area contributed by atoms with Crippen LogP contribution in [-0.2, 0) is 4.79 Å². The summed E-state index contributed by atoms with van der Waals surface area (Å²) in [6.45, 7) is 1.68. The van der Waals surface area contributed by atoms with E-state index in [0.717, 1.165) is 0 Å². The Morgan fingerprint density at radius 1 is 1.21 bits per heavy atom. The molecule has 0 amide bonds. The van der Waals surface area contributed by atoms with Crippen LogP contribution in [0.5, 0.6) is 0 Å². The maximum absolute atomic E-state index is 11.7. The molecule has 3 heteroatoms. The van der Waals surface area contributed by atoms with Gasteiger partial charge >= 0.3 is 89.6 Å². The first-order chi connectivity index (χ1) is 6.66. The van der Waals surface area contributed by atoms with Crippen LogP contribution in [0.2, 0.25) is 5.82 Å². The molecule has 0 aliphatic heterocycles. The van der Waals surface area contributed by atoms with E-state index in [1.165, 1.54) is 0 Å². The van der Waals surface area contributed by atoms with Crippen molar-refractivity contribution in [2.45, 2.75) is 12.7 Å². The number of carbonyl (C=O) groups excluding carboxylic acids is 2. The molecule has 0 aromatic heterocycles. The molecule has 0 heterocycles. The number of hydrogen-bond acceptors (Lipinski definition) is 2. The molecule has 14 heavy (non-hydrogen) atoms. The third-order valence-electron chi connectivity index (χ3n) is 2.01. The van der Waals surface area contributed by atoms with Gasteiger partial charge in [-0.25, -0.2) is 0 Å². The number of rotatable bonds is 4. The van der Waals surface area contributed by atoms with Gasteiger partial charge in [0.15, 0.2) is 0 Å². The predicted octanol–water partition coefficient (Wildman–Crippen LogP) is 1.78. The minimum atomic E-state index is -0.484. The summed E-state index contributed by atoms with van der Waals surface area (Å²) >= 11 is -0.0934. The molecule has 0 aliphatic carbocycles. The Morgan fingerprint density at radius 3 is 2.29 bits per heavy atom. The molecule has 0 fully saturated rings. The van der Waals surface area contributed by atoms with E-state index in [4.69, 9.17) is 0 Å². The fourth-order valence-electron chi connectivity index (χ4n) is 1.14. The third kappa shape index (κ3) is 2.53. The molecule has 0 spiro atoms. The second kappa shape index (κ2) is 5.08. The summed E-state index contributed by atoms with van der Waals surface area (Å²) in [4.78, 5) is 23.1. The Bertz CT molecular complexity index is 332. The van der Waals surface area contributed by atoms with Gasteiger partial charge in [0.05, 0.1) is 0 Å². The molecule has 74 valence electrons. The molecule has 1 unspecified atom stereocenters. The summed E-state index contributed by atoms with van der Waals surface area (Å²) in [6.07, 6.45) is 0. The average molecular weight is 255 g/mol. The fourth-order valence-corrected chi connectivity index (χ4v) is 2.10. The van der Waals surface area contributed by atoms with Crippen molar-refractivity contribution in [2.24, 2.45) is 5.92 Å². The van der Waals surface area contributed by atoms with Crippen LogP contribution < -0.4 is 0 Å². The van der Waals surface area contributed by atoms with Gasteiger partial charge in [0.25, 0.3) is 0 Å². The molecule has 0 aliphatic rings. The molecular formula is C11H12O2Se. The molecule has 0 saturated carbocycles. The van der Waals surface area contributed by atoms with Crippen molar-refractivity contribution >= 4 is 25.4 Å². The number of ketones is 1. The van der Waals surface area contributed by atoms with E-state index in [-0.39, 0.29) is 25.4 Å². The van der Waals surface area contributed by atoms with Crippen molar-refractivity contribution in [3.63, 3.8) is 0 Å². The van der Waals surface area contributed by atoms with Crippen LogP contribution in [0.4, 0.5) is 0 Å². The zero-order valence-electron chi connectivity index (χ0n) is 8.19. The second-order valence-corrected chi connectivity index (χ2v) is 4.68. The van der Waals surface area contributed by atoms with E-state index in [2.05, 4.69) is 0 Å². The summed E-state index contributed by atoms with van der Waals surface area (Å²) in [6, 6.07) is 8.96. The van der Waals surface area contributed by atoms with Crippen molar-refractivity contribution in [3.05, 3.63) is 35.9 Å². The van der Waals surface area contributed by atoms with Gasteiger partial charge in [0.1, 0.15) is 0 Å². The zero-order chi connectivity index (χ0) is 10.6. The molecule has 0 bridgehead atoms. The Balaban J connectivity index is 2.81. The number of hydrogen-bond donors (Lipinski definition) is 0. The van der Waals surface area contributed by atoms with Crippen molar-refractivity contribution in [2.75, 3.05) is 0 Å². The summed E-state index contributed by atoms with van der Waals surface area (Å²) in [5, 5.41) is 0. The fraction of sp³-hybridized carbons (Fsp3) is 0.273. The zero-order valence-corrected chi connectivity index (χ0v) is 9.90. The van der Waals surface area contributed by atoms with Crippen LogP contribution in [0.25, 0.3) is 0 Å². The SMILES string of the molecule is C[Se]C(=O)C(C)C(=O)c1ccccc1. The van der Waals surface area contributed by atoms with Gasteiger partial charge in [0.2, 0.25) is 0 Å². The van der Waals surface area contributed by atoms with Crippen LogP contribution in [-0.4, -0.2) is 25.4 Å². The van der Waals surface area contributed by atoms with Gasteiger partial charge in [0, 0.05) is 0 Å². The van der Waals surface area contributed by atoms with Gasteiger partial charge < -0.3 is 0 Å². The monoisotopic (exact) mass is 256 g/mol. The van der Waals surface area contributed by atoms with Gasteiger partial charge in [-0.1, -0.05) is 0 Å². The van der Waals surface area contributed by atoms with Crippen LogP contribution in [0.15, 0.2) is 30.3 Å². The molecule has 0 radical (unpaired) electrons. The number of Topliss-reactive ketones (excluding diaryl/α,β-unsaturated/α-hetero) is 1. The first-order valence-corrected chi connectivity index (χ1v) is 6.91. The minimum absolute atomic E-state index is 0.0614. The predicted molar refractivity (Wildman–Crippen MR) is 56.6 cm³/mol. The summed E-state index contributed by atoms with van der Waals surface area (Å²) in [7, 11) is 0. The normalized spacial score (nSPS) is 12.1. The van der Waals surface area contributed by atoms with E-state index in [1.54, 1.807) is 19.1 Å². The van der Waals surface area contributed by atoms with E-state index in [0.29, 0.717) is 5.56 Å². The van der Waals surface area contributed by atoms with Gasteiger partial charge in [-0.2, -0.15) is 0 Å². The molecular weight excluding hydrogens is 243 g/mol. The topological polar surface area (TPSA) is 34.1 Å². The standard InChI is InChI=1S/C11H12O2Se/c1-8(11(13)14-2)10(12)9-6-4-3-5-7-9/h3-8H,1-2H3. The Labute approximate surface area is 89.9 Å². The van der Waals surface area contributed by atoms with Gasteiger partial charge in [-0.05, 0) is 0 Å². The summed E-state index contributed by atoms with van der Waals surface area (Å²) in [5.41, 5.74) is 0.623. The van der Waals surface area contributed by atoms with E-state index >= 15 is 0 Å². The van der Waals surface area contributed by atoms with Crippen LogP contribution in [0, 0.1) is 5.92 Å². The van der Waals surface area contributed by atoms with Crippen LogP contribution >= 0.6 is 0 Å². The summed E-state index contributed by atoms with van der Waals surface area (Å²) in [5.74, 6) is 1.28. The first-order valence-electron chi connectivity index (χ1n) is 4.34. The molecule has 1 aromatic carbocycles. The van der Waals surface area contributed by atoms with Gasteiger partial charge in [-0.15, -0.1) is 0 Å². The van der Waals surface area contributed by atoms with Crippen molar-refractivity contribution in [1.29, 1.82) is 0 Å². The van der Waals surface area contributed by atoms with E-state index in [9.17, 15) is 9.59 Å². The Morgan fingerprint density at radius 2 is 1.79 bits per heavy atom. The molecule has 0 saturated heterocycles. The third-order valence-corrected chi connectivity index (χ3v) is 3.59.